The molecule has 3 fully saturated rings. The van der Waals surface area contributed by atoms with Gasteiger partial charge in [0.1, 0.15) is 17.5 Å². The lowest BCUT2D eigenvalue weighted by molar-refractivity contribution is -0.205. The summed E-state index contributed by atoms with van der Waals surface area (Å²) in [5.41, 5.74) is -3.46. The number of phenolic OH excluding ortho intramolecular Hbond substituents is 1. The molecular weight excluding hydrogens is 544 g/mol. The van der Waals surface area contributed by atoms with Crippen LogP contribution in [0.2, 0.25) is 0 Å². The molecule has 43 heavy (non-hydrogen) atoms. The van der Waals surface area contributed by atoms with E-state index in [-0.39, 0.29) is 40.9 Å². The minimum atomic E-state index is -2.67. The number of carbonyl (C=O) groups excluding carboxylic acids is 5. The molecule has 0 amide bonds. The molecule has 1 aromatic carbocycles. The summed E-state index contributed by atoms with van der Waals surface area (Å²) in [5, 5.41) is 23.8. The molecule has 0 spiro atoms. The smallest absolute Gasteiger partial charge is 0.190 e. The van der Waals surface area contributed by atoms with Crippen LogP contribution in [0.25, 0.3) is 0 Å². The van der Waals surface area contributed by atoms with Gasteiger partial charge < -0.3 is 10.2 Å². The Bertz CT molecular complexity index is 1430. The fourth-order valence-corrected chi connectivity index (χ4v) is 10.9. The van der Waals surface area contributed by atoms with Gasteiger partial charge in [-0.3, -0.25) is 24.0 Å². The minimum Gasteiger partial charge on any atom is -0.507 e. The number of benzene rings is 1. The largest absolute Gasteiger partial charge is 0.507 e. The van der Waals surface area contributed by atoms with Crippen LogP contribution in [-0.4, -0.2) is 44.7 Å². The van der Waals surface area contributed by atoms with Crippen molar-refractivity contribution in [1.82, 2.24) is 0 Å². The molecule has 3 saturated carbocycles. The Morgan fingerprint density at radius 2 is 1.51 bits per heavy atom. The molecule has 7 heteroatoms. The number of Topliss-reactive ketones (excluding diaryl/α,β-unsaturated/α-hetero) is 5. The molecule has 4 aliphatic carbocycles. The summed E-state index contributed by atoms with van der Waals surface area (Å²) in [6, 6.07) is 3.77. The topological polar surface area (TPSA) is 126 Å². The third-order valence-corrected chi connectivity index (χ3v) is 11.5. The summed E-state index contributed by atoms with van der Waals surface area (Å²) < 4.78 is 0. The number of carbonyl (C=O) groups is 5. The van der Waals surface area contributed by atoms with Crippen molar-refractivity contribution >= 4 is 28.9 Å². The first kappa shape index (κ1) is 31.7. The lowest BCUT2D eigenvalue weighted by atomic mass is 9.40. The van der Waals surface area contributed by atoms with Gasteiger partial charge in [-0.2, -0.15) is 0 Å². The molecule has 4 aliphatic rings. The fraction of sp³-hybridized carbons (Fsp3) is 0.694. The van der Waals surface area contributed by atoms with E-state index in [0.29, 0.717) is 23.5 Å². The van der Waals surface area contributed by atoms with Crippen molar-refractivity contribution < 1.29 is 34.2 Å². The second-order valence-electron chi connectivity index (χ2n) is 16.9. The normalized spacial score (nSPS) is 37.1. The molecule has 0 saturated heterocycles. The van der Waals surface area contributed by atoms with Crippen LogP contribution in [0.15, 0.2) is 12.1 Å². The first-order valence-corrected chi connectivity index (χ1v) is 15.8. The number of ketones is 5. The van der Waals surface area contributed by atoms with E-state index >= 15 is 0 Å². The van der Waals surface area contributed by atoms with Crippen molar-refractivity contribution in [2.45, 2.75) is 106 Å². The molecule has 1 aromatic rings. The van der Waals surface area contributed by atoms with Crippen LogP contribution in [0, 0.1) is 51.2 Å². The van der Waals surface area contributed by atoms with Gasteiger partial charge in [-0.15, -0.1) is 0 Å². The molecule has 6 atom stereocenters. The lowest BCUT2D eigenvalue weighted by Crippen LogP contribution is -2.76. The van der Waals surface area contributed by atoms with E-state index in [4.69, 9.17) is 0 Å². The van der Waals surface area contributed by atoms with Crippen LogP contribution < -0.4 is 0 Å². The Morgan fingerprint density at radius 1 is 0.930 bits per heavy atom. The average molecular weight is 593 g/mol. The average Bonchev–Trinajstić information content (AvgIpc) is 2.80. The van der Waals surface area contributed by atoms with E-state index in [1.807, 2.05) is 19.1 Å². The maximum Gasteiger partial charge on any atom is 0.190 e. The van der Waals surface area contributed by atoms with Gasteiger partial charge in [0.05, 0.1) is 11.5 Å². The van der Waals surface area contributed by atoms with Crippen LogP contribution in [0.1, 0.15) is 109 Å². The van der Waals surface area contributed by atoms with Crippen molar-refractivity contribution in [1.29, 1.82) is 0 Å². The molecular formula is C36H48O7. The SMILES string of the molecule is CC(=O)C1C(=O)C(C(C)C)[C@@]2(C)C[C@@]3(C)Cc4ccc(CC5CC(C)(C)CC(C)(C)C5)c(O)c4C(=O)C3C(=O)[C@@]2(O)C1=O. The summed E-state index contributed by atoms with van der Waals surface area (Å²) in [6.45, 7) is 17.2. The molecule has 3 unspecified atom stereocenters. The molecule has 2 N–H and O–H groups in total. The van der Waals surface area contributed by atoms with Crippen LogP contribution in [0.3, 0.4) is 0 Å². The van der Waals surface area contributed by atoms with Gasteiger partial charge in [0.15, 0.2) is 28.7 Å². The standard InChI is InChI=1S/C36H48O7/c1-18(2)25-28(39)23(19(3)37)30(41)36(43)31(42)26-29(40)24-22(15-34(26,8)17-35(25,36)9)11-10-21(27(24)38)12-20-13-32(4,5)16-33(6,7)14-20/h10-11,18,20,23,25-26,38,43H,12-17H2,1-9H3/t23?,25?,26?,34-,35-,36+/m1/s1. The molecule has 0 heterocycles. The third kappa shape index (κ3) is 4.50. The Hall–Kier alpha value is -2.67. The number of fused-ring (bicyclic) bond motifs is 3. The van der Waals surface area contributed by atoms with E-state index in [2.05, 4.69) is 27.7 Å². The summed E-state index contributed by atoms with van der Waals surface area (Å²) in [7, 11) is 0. The van der Waals surface area contributed by atoms with E-state index in [1.54, 1.807) is 20.8 Å². The highest BCUT2D eigenvalue weighted by atomic mass is 16.3. The van der Waals surface area contributed by atoms with Crippen molar-refractivity contribution in [3.05, 3.63) is 28.8 Å². The molecule has 0 aliphatic heterocycles. The summed E-state index contributed by atoms with van der Waals surface area (Å²) in [5.74, 6) is -8.16. The summed E-state index contributed by atoms with van der Waals surface area (Å²) in [6.07, 6.45) is 4.06. The number of hydrogen-bond acceptors (Lipinski definition) is 7. The number of hydrogen-bond donors (Lipinski definition) is 2. The zero-order chi connectivity index (χ0) is 32.2. The van der Waals surface area contributed by atoms with Gasteiger partial charge in [-0.1, -0.05) is 67.5 Å². The van der Waals surface area contributed by atoms with Crippen molar-refractivity contribution in [2.24, 2.45) is 51.2 Å². The van der Waals surface area contributed by atoms with Gasteiger partial charge in [0.25, 0.3) is 0 Å². The van der Waals surface area contributed by atoms with E-state index in [0.717, 1.165) is 26.2 Å². The second kappa shape index (κ2) is 9.66. The van der Waals surface area contributed by atoms with Crippen molar-refractivity contribution in [2.75, 3.05) is 0 Å². The van der Waals surface area contributed by atoms with Crippen LogP contribution in [-0.2, 0) is 32.0 Å². The Morgan fingerprint density at radius 3 is 2.05 bits per heavy atom. The third-order valence-electron chi connectivity index (χ3n) is 11.5. The molecule has 0 aromatic heterocycles. The summed E-state index contributed by atoms with van der Waals surface area (Å²) >= 11 is 0. The first-order chi connectivity index (χ1) is 19.6. The van der Waals surface area contributed by atoms with Gasteiger partial charge in [-0.25, -0.2) is 0 Å². The lowest BCUT2D eigenvalue weighted by Gasteiger charge is -2.61. The fourth-order valence-electron chi connectivity index (χ4n) is 10.9. The molecule has 0 radical (unpaired) electrons. The molecule has 234 valence electrons. The summed E-state index contributed by atoms with van der Waals surface area (Å²) in [4.78, 5) is 68.8. The zero-order valence-electron chi connectivity index (χ0n) is 27.2. The van der Waals surface area contributed by atoms with Crippen LogP contribution in [0.5, 0.6) is 5.75 Å². The Balaban J connectivity index is 1.59. The van der Waals surface area contributed by atoms with Crippen LogP contribution in [0.4, 0.5) is 0 Å². The van der Waals surface area contributed by atoms with Crippen molar-refractivity contribution in [3.63, 3.8) is 0 Å². The number of phenols is 1. The van der Waals surface area contributed by atoms with Crippen molar-refractivity contribution in [3.8, 4) is 5.75 Å². The van der Waals surface area contributed by atoms with Gasteiger partial charge in [0.2, 0.25) is 0 Å². The number of aromatic hydroxyl groups is 1. The monoisotopic (exact) mass is 592 g/mol. The van der Waals surface area contributed by atoms with Gasteiger partial charge in [-0.05, 0) is 84.7 Å². The predicted molar refractivity (Wildman–Crippen MR) is 162 cm³/mol. The molecule has 5 rings (SSSR count). The van der Waals surface area contributed by atoms with Crippen LogP contribution >= 0.6 is 0 Å². The highest BCUT2D eigenvalue weighted by Crippen LogP contribution is 2.64. The van der Waals surface area contributed by atoms with E-state index in [1.165, 1.54) is 0 Å². The Kier molecular flexibility index (Phi) is 7.13. The van der Waals surface area contributed by atoms with Gasteiger partial charge in [0, 0.05) is 11.3 Å². The molecule has 7 nitrogen and oxygen atoms in total. The minimum absolute atomic E-state index is 0.0673. The van der Waals surface area contributed by atoms with E-state index < -0.39 is 63.1 Å². The van der Waals surface area contributed by atoms with E-state index in [9.17, 15) is 34.2 Å². The highest BCUT2D eigenvalue weighted by Gasteiger charge is 2.76. The second-order valence-corrected chi connectivity index (χ2v) is 16.9. The number of aliphatic hydroxyl groups is 1. The maximum absolute atomic E-state index is 14.5. The van der Waals surface area contributed by atoms with Gasteiger partial charge >= 0.3 is 0 Å². The Labute approximate surface area is 255 Å². The quantitative estimate of drug-likeness (QED) is 0.443. The molecule has 0 bridgehead atoms. The zero-order valence-corrected chi connectivity index (χ0v) is 27.2. The number of rotatable bonds is 4. The maximum atomic E-state index is 14.5. The predicted octanol–water partition coefficient (Wildman–Crippen LogP) is 5.49. The first-order valence-electron chi connectivity index (χ1n) is 15.8. The highest BCUT2D eigenvalue weighted by molar-refractivity contribution is 6.32.